The van der Waals surface area contributed by atoms with Gasteiger partial charge in [0.2, 0.25) is 5.82 Å². The summed E-state index contributed by atoms with van der Waals surface area (Å²) in [6.45, 7) is 3.85. The van der Waals surface area contributed by atoms with Gasteiger partial charge >= 0.3 is 0 Å². The van der Waals surface area contributed by atoms with E-state index < -0.39 is 5.91 Å². The number of hydrogen-bond donors (Lipinski definition) is 1. The normalized spacial score (nSPS) is 10.8. The highest BCUT2D eigenvalue weighted by Crippen LogP contribution is 2.24. The first-order valence-electron chi connectivity index (χ1n) is 9.28. The van der Waals surface area contributed by atoms with Gasteiger partial charge in [0.05, 0.1) is 5.69 Å². The molecule has 0 saturated heterocycles. The van der Waals surface area contributed by atoms with Crippen LogP contribution < -0.4 is 5.32 Å². The number of amides is 1. The van der Waals surface area contributed by atoms with Crippen LogP contribution >= 0.6 is 11.6 Å². The Kier molecular flexibility index (Phi) is 5.33. The molecule has 4 aromatic rings. The van der Waals surface area contributed by atoms with Crippen molar-refractivity contribution < 1.29 is 9.18 Å². The molecule has 1 aromatic heterocycles. The Hall–Kier alpha value is -3.51. The molecule has 0 radical (unpaired) electrons. The van der Waals surface area contributed by atoms with Crippen molar-refractivity contribution in [1.82, 2.24) is 14.8 Å². The Morgan fingerprint density at radius 3 is 2.50 bits per heavy atom. The summed E-state index contributed by atoms with van der Waals surface area (Å²) in [5.74, 6) is -0.389. The molecule has 0 fully saturated rings. The maximum Gasteiger partial charge on any atom is 0.295 e. The molecule has 0 spiro atoms. The lowest BCUT2D eigenvalue weighted by Gasteiger charge is -2.06. The maximum absolute atomic E-state index is 13.4. The molecule has 150 valence electrons. The molecule has 4 rings (SSSR count). The Morgan fingerprint density at radius 2 is 1.80 bits per heavy atom. The number of anilines is 1. The van der Waals surface area contributed by atoms with Gasteiger partial charge < -0.3 is 5.32 Å². The highest BCUT2D eigenvalue weighted by molar-refractivity contribution is 6.31. The Bertz CT molecular complexity index is 1230. The first-order valence-corrected chi connectivity index (χ1v) is 9.66. The third-order valence-corrected chi connectivity index (χ3v) is 5.00. The van der Waals surface area contributed by atoms with Crippen LogP contribution in [-0.2, 0) is 0 Å². The molecular formula is C23H18ClFN4O. The summed E-state index contributed by atoms with van der Waals surface area (Å²) in [6, 6.07) is 18.8. The van der Waals surface area contributed by atoms with Crippen LogP contribution in [0, 0.1) is 19.7 Å². The summed E-state index contributed by atoms with van der Waals surface area (Å²) in [7, 11) is 0. The molecule has 1 N–H and O–H groups in total. The molecule has 0 aliphatic carbocycles. The van der Waals surface area contributed by atoms with E-state index in [1.54, 1.807) is 28.9 Å². The van der Waals surface area contributed by atoms with Crippen molar-refractivity contribution in [2.24, 2.45) is 0 Å². The fourth-order valence-electron chi connectivity index (χ4n) is 2.99. The fourth-order valence-corrected chi connectivity index (χ4v) is 3.17. The second-order valence-corrected chi connectivity index (χ2v) is 7.34. The third-order valence-electron chi connectivity index (χ3n) is 4.59. The van der Waals surface area contributed by atoms with Gasteiger partial charge in [-0.25, -0.2) is 14.1 Å². The van der Waals surface area contributed by atoms with E-state index >= 15 is 0 Å². The van der Waals surface area contributed by atoms with Crippen LogP contribution in [0.2, 0.25) is 5.02 Å². The van der Waals surface area contributed by atoms with Gasteiger partial charge in [-0.05, 0) is 73.5 Å². The van der Waals surface area contributed by atoms with Gasteiger partial charge in [-0.1, -0.05) is 29.8 Å². The van der Waals surface area contributed by atoms with Gasteiger partial charge in [0.15, 0.2) is 5.82 Å². The van der Waals surface area contributed by atoms with Crippen LogP contribution in [0.25, 0.3) is 17.1 Å². The number of nitrogens with one attached hydrogen (secondary N) is 1. The molecule has 0 atom stereocenters. The van der Waals surface area contributed by atoms with Crippen molar-refractivity contribution in [2.45, 2.75) is 13.8 Å². The number of hydrogen-bond acceptors (Lipinski definition) is 3. The van der Waals surface area contributed by atoms with Crippen LogP contribution in [0.1, 0.15) is 21.7 Å². The zero-order valence-corrected chi connectivity index (χ0v) is 17.1. The van der Waals surface area contributed by atoms with E-state index in [1.165, 1.54) is 12.1 Å². The van der Waals surface area contributed by atoms with Gasteiger partial charge in [-0.3, -0.25) is 4.79 Å². The minimum absolute atomic E-state index is 0.00692. The highest BCUT2D eigenvalue weighted by Gasteiger charge is 2.19. The average molecular weight is 421 g/mol. The molecule has 30 heavy (non-hydrogen) atoms. The maximum atomic E-state index is 13.4. The van der Waals surface area contributed by atoms with Gasteiger partial charge in [0, 0.05) is 16.3 Å². The van der Waals surface area contributed by atoms with E-state index in [0.29, 0.717) is 22.1 Å². The molecule has 0 saturated carbocycles. The van der Waals surface area contributed by atoms with E-state index in [4.69, 9.17) is 11.6 Å². The number of carbonyl (C=O) groups is 1. The topological polar surface area (TPSA) is 59.8 Å². The van der Waals surface area contributed by atoms with Crippen LogP contribution in [0.15, 0.2) is 66.7 Å². The number of carbonyl (C=O) groups excluding carboxylic acids is 1. The number of halogens is 2. The van der Waals surface area contributed by atoms with Crippen molar-refractivity contribution in [3.63, 3.8) is 0 Å². The van der Waals surface area contributed by atoms with E-state index in [2.05, 4.69) is 15.4 Å². The van der Waals surface area contributed by atoms with Crippen molar-refractivity contribution in [3.05, 3.63) is 94.5 Å². The minimum atomic E-state index is -0.468. The monoisotopic (exact) mass is 420 g/mol. The van der Waals surface area contributed by atoms with Crippen LogP contribution in [0.3, 0.4) is 0 Å². The summed E-state index contributed by atoms with van der Waals surface area (Å²) >= 11 is 6.14. The van der Waals surface area contributed by atoms with E-state index in [1.807, 2.05) is 44.2 Å². The summed E-state index contributed by atoms with van der Waals surface area (Å²) in [4.78, 5) is 17.2. The molecule has 7 heteroatoms. The van der Waals surface area contributed by atoms with Crippen LogP contribution in [0.5, 0.6) is 0 Å². The standard InChI is InChI=1S/C23H18ClFN4O/c1-14-4-3-5-19(12-14)29-22(16-7-9-17(25)10-8-16)27-21(28-29)23(30)26-18-11-6-15(2)20(24)13-18/h3-13H,1-2H3,(H,26,30). The van der Waals surface area contributed by atoms with Gasteiger partial charge in [0.25, 0.3) is 5.91 Å². The predicted molar refractivity (Wildman–Crippen MR) is 116 cm³/mol. The van der Waals surface area contributed by atoms with Crippen LogP contribution in [-0.4, -0.2) is 20.7 Å². The summed E-state index contributed by atoms with van der Waals surface area (Å²) in [5, 5.41) is 7.75. The quantitative estimate of drug-likeness (QED) is 0.467. The number of aryl methyl sites for hydroxylation is 2. The number of aromatic nitrogens is 3. The van der Waals surface area contributed by atoms with E-state index in [9.17, 15) is 9.18 Å². The first-order chi connectivity index (χ1) is 14.4. The molecule has 5 nitrogen and oxygen atoms in total. The third kappa shape index (κ3) is 4.09. The zero-order chi connectivity index (χ0) is 21.3. The Labute approximate surface area is 178 Å². The average Bonchev–Trinajstić information content (AvgIpc) is 3.17. The smallest absolute Gasteiger partial charge is 0.295 e. The lowest BCUT2D eigenvalue weighted by atomic mass is 10.2. The molecule has 0 aliphatic heterocycles. The molecule has 3 aromatic carbocycles. The largest absolute Gasteiger partial charge is 0.319 e. The molecule has 1 amide bonds. The molecule has 0 bridgehead atoms. The summed E-state index contributed by atoms with van der Waals surface area (Å²) < 4.78 is 15.0. The van der Waals surface area contributed by atoms with Gasteiger partial charge in [-0.15, -0.1) is 5.10 Å². The Morgan fingerprint density at radius 1 is 1.03 bits per heavy atom. The highest BCUT2D eigenvalue weighted by atomic mass is 35.5. The zero-order valence-electron chi connectivity index (χ0n) is 16.4. The minimum Gasteiger partial charge on any atom is -0.319 e. The lowest BCUT2D eigenvalue weighted by Crippen LogP contribution is -2.14. The molecule has 1 heterocycles. The summed E-state index contributed by atoms with van der Waals surface area (Å²) in [5.41, 5.74) is 3.89. The van der Waals surface area contributed by atoms with Crippen molar-refractivity contribution in [2.75, 3.05) is 5.32 Å². The number of benzene rings is 3. The second-order valence-electron chi connectivity index (χ2n) is 6.93. The summed E-state index contributed by atoms with van der Waals surface area (Å²) in [6.07, 6.45) is 0. The second kappa shape index (κ2) is 8.08. The van der Waals surface area contributed by atoms with Crippen molar-refractivity contribution in [1.29, 1.82) is 0 Å². The van der Waals surface area contributed by atoms with Crippen molar-refractivity contribution >= 4 is 23.2 Å². The fraction of sp³-hybridized carbons (Fsp3) is 0.0870. The van der Waals surface area contributed by atoms with Gasteiger partial charge in [0.1, 0.15) is 5.82 Å². The lowest BCUT2D eigenvalue weighted by molar-refractivity contribution is 0.101. The van der Waals surface area contributed by atoms with E-state index in [-0.39, 0.29) is 11.6 Å². The Balaban J connectivity index is 1.75. The van der Waals surface area contributed by atoms with Crippen LogP contribution in [0.4, 0.5) is 10.1 Å². The predicted octanol–water partition coefficient (Wildman–Crippen LogP) is 5.60. The first kappa shape index (κ1) is 19.8. The number of rotatable bonds is 4. The molecule has 0 unspecified atom stereocenters. The SMILES string of the molecule is Cc1cccc(-n2nc(C(=O)Nc3ccc(C)c(Cl)c3)nc2-c2ccc(F)cc2)c1. The molecular weight excluding hydrogens is 403 g/mol. The van der Waals surface area contributed by atoms with E-state index in [0.717, 1.165) is 16.8 Å². The van der Waals surface area contributed by atoms with Crippen molar-refractivity contribution in [3.8, 4) is 17.1 Å². The number of nitrogens with zero attached hydrogens (tertiary/aromatic N) is 3. The van der Waals surface area contributed by atoms with Gasteiger partial charge in [-0.2, -0.15) is 0 Å². The molecule has 0 aliphatic rings.